The van der Waals surface area contributed by atoms with E-state index in [1.54, 1.807) is 13.8 Å². The summed E-state index contributed by atoms with van der Waals surface area (Å²) in [6.45, 7) is 3.36. The van der Waals surface area contributed by atoms with Crippen molar-refractivity contribution in [3.8, 4) is 17.3 Å². The zero-order valence-corrected chi connectivity index (χ0v) is 19.5. The van der Waals surface area contributed by atoms with Gasteiger partial charge in [0.2, 0.25) is 8.38 Å². The van der Waals surface area contributed by atoms with Gasteiger partial charge in [-0.3, -0.25) is 4.98 Å². The van der Waals surface area contributed by atoms with Gasteiger partial charge in [-0.1, -0.05) is 11.6 Å². The molecule has 0 aliphatic rings. The van der Waals surface area contributed by atoms with Crippen molar-refractivity contribution in [2.24, 2.45) is 0 Å². The van der Waals surface area contributed by atoms with E-state index in [0.29, 0.717) is 22.5 Å². The molecule has 0 saturated heterocycles. The summed E-state index contributed by atoms with van der Waals surface area (Å²) in [6.07, 6.45) is 1.29. The van der Waals surface area contributed by atoms with E-state index in [0.717, 1.165) is 0 Å². The Morgan fingerprint density at radius 2 is 1.88 bits per heavy atom. The lowest BCUT2D eigenvalue weighted by atomic mass is 10.0. The fraction of sp³-hybridized carbons (Fsp3) is 0.130. The van der Waals surface area contributed by atoms with Crippen molar-refractivity contribution in [1.82, 2.24) is 15.0 Å². The van der Waals surface area contributed by atoms with Gasteiger partial charge in [0.25, 0.3) is 0 Å². The number of aryl methyl sites for hydroxylation is 1. The highest BCUT2D eigenvalue weighted by Crippen LogP contribution is 2.36. The van der Waals surface area contributed by atoms with E-state index < -0.39 is 26.1 Å². The smallest absolute Gasteiger partial charge is 0.219 e. The second-order valence-corrected chi connectivity index (χ2v) is 8.90. The summed E-state index contributed by atoms with van der Waals surface area (Å²) in [5.74, 6) is -1.15. The van der Waals surface area contributed by atoms with Crippen LogP contribution in [-0.2, 0) is 0 Å². The molecule has 4 rings (SSSR count). The lowest BCUT2D eigenvalue weighted by Crippen LogP contribution is -2.11. The van der Waals surface area contributed by atoms with Crippen molar-refractivity contribution in [3.63, 3.8) is 0 Å². The van der Waals surface area contributed by atoms with Crippen LogP contribution in [0.2, 0.25) is 5.02 Å². The molecule has 3 heterocycles. The molecule has 1 aromatic carbocycles. The third-order valence-corrected chi connectivity index (χ3v) is 6.33. The van der Waals surface area contributed by atoms with Crippen LogP contribution >= 0.6 is 20.0 Å². The van der Waals surface area contributed by atoms with Gasteiger partial charge in [0.15, 0.2) is 5.82 Å². The molecule has 0 fully saturated rings. The van der Waals surface area contributed by atoms with Crippen molar-refractivity contribution in [2.45, 2.75) is 19.9 Å². The molecule has 7 nitrogen and oxygen atoms in total. The average molecular weight is 500 g/mol. The lowest BCUT2D eigenvalue weighted by molar-refractivity contribution is 0.495. The third-order valence-electron chi connectivity index (χ3n) is 5.20. The molecule has 34 heavy (non-hydrogen) atoms. The van der Waals surface area contributed by atoms with Gasteiger partial charge in [-0.15, -0.1) is 0 Å². The molecule has 0 aliphatic heterocycles. The Bertz CT molecular complexity index is 1440. The number of anilines is 1. The van der Waals surface area contributed by atoms with Crippen LogP contribution in [0.1, 0.15) is 29.8 Å². The molecule has 0 unspecified atom stereocenters. The Morgan fingerprint density at radius 3 is 2.53 bits per heavy atom. The molecular formula is C23H17ClF2N5O2P. The molecule has 0 radical (unpaired) electrons. The van der Waals surface area contributed by atoms with Crippen LogP contribution < -0.4 is 10.8 Å². The number of nitriles is 1. The molecule has 0 bridgehead atoms. The normalized spacial score (nSPS) is 12.1. The highest BCUT2D eigenvalue weighted by molar-refractivity contribution is 7.53. The molecule has 1 atom stereocenters. The summed E-state index contributed by atoms with van der Waals surface area (Å²) < 4.78 is 29.4. The quantitative estimate of drug-likeness (QED) is 0.335. The minimum atomic E-state index is -2.38. The third kappa shape index (κ3) is 4.54. The van der Waals surface area contributed by atoms with Crippen molar-refractivity contribution in [3.05, 3.63) is 76.1 Å². The zero-order valence-electron chi connectivity index (χ0n) is 17.9. The lowest BCUT2D eigenvalue weighted by Gasteiger charge is -2.20. The van der Waals surface area contributed by atoms with E-state index in [4.69, 9.17) is 16.9 Å². The number of rotatable bonds is 5. The molecule has 0 aliphatic carbocycles. The number of halogens is 3. The van der Waals surface area contributed by atoms with Crippen LogP contribution in [-0.4, -0.2) is 24.7 Å². The van der Waals surface area contributed by atoms with Gasteiger partial charge in [0, 0.05) is 23.4 Å². The van der Waals surface area contributed by atoms with Gasteiger partial charge in [-0.2, -0.15) is 5.26 Å². The topological polar surface area (TPSA) is 115 Å². The SMILES string of the molecule is Cc1nc2cc(F)c(-c3ccc(P(O)O)nc3)nc2c(N[C@H](C)c2cc(C#N)ccc2F)c1Cl. The van der Waals surface area contributed by atoms with Crippen LogP contribution in [0.4, 0.5) is 14.5 Å². The molecule has 11 heteroatoms. The second-order valence-electron chi connectivity index (χ2n) is 7.48. The summed E-state index contributed by atoms with van der Waals surface area (Å²) in [6, 6.07) is 9.49. The van der Waals surface area contributed by atoms with Crippen LogP contribution in [0.15, 0.2) is 42.6 Å². The first-order valence-corrected chi connectivity index (χ1v) is 11.6. The predicted octanol–water partition coefficient (Wildman–Crippen LogP) is 4.90. The Kier molecular flexibility index (Phi) is 6.69. The summed E-state index contributed by atoms with van der Waals surface area (Å²) in [5, 5.41) is 12.5. The van der Waals surface area contributed by atoms with Gasteiger partial charge in [0.1, 0.15) is 22.5 Å². The Balaban J connectivity index is 1.84. The fourth-order valence-electron chi connectivity index (χ4n) is 3.48. The Morgan fingerprint density at radius 1 is 1.12 bits per heavy atom. The monoisotopic (exact) mass is 499 g/mol. The molecular weight excluding hydrogens is 483 g/mol. The highest BCUT2D eigenvalue weighted by Gasteiger charge is 2.20. The number of fused-ring (bicyclic) bond motifs is 1. The van der Waals surface area contributed by atoms with Gasteiger partial charge in [0.05, 0.1) is 39.6 Å². The van der Waals surface area contributed by atoms with E-state index in [1.165, 1.54) is 42.6 Å². The number of benzene rings is 1. The number of hydrogen-bond acceptors (Lipinski definition) is 7. The second kappa shape index (κ2) is 9.53. The molecule has 0 amide bonds. The Hall–Kier alpha value is -3.28. The van der Waals surface area contributed by atoms with Gasteiger partial charge < -0.3 is 15.1 Å². The molecule has 3 N–H and O–H groups in total. The first-order valence-electron chi connectivity index (χ1n) is 9.96. The maximum atomic E-state index is 14.9. The fourth-order valence-corrected chi connectivity index (χ4v) is 4.04. The summed E-state index contributed by atoms with van der Waals surface area (Å²) >= 11 is 6.53. The highest BCUT2D eigenvalue weighted by atomic mass is 35.5. The predicted molar refractivity (Wildman–Crippen MR) is 127 cm³/mol. The van der Waals surface area contributed by atoms with Crippen LogP contribution in [0.25, 0.3) is 22.3 Å². The number of hydrogen-bond donors (Lipinski definition) is 3. The van der Waals surface area contributed by atoms with Crippen molar-refractivity contribution in [2.75, 3.05) is 5.32 Å². The molecule has 0 spiro atoms. The van der Waals surface area contributed by atoms with E-state index in [2.05, 4.69) is 20.3 Å². The van der Waals surface area contributed by atoms with E-state index in [1.807, 2.05) is 6.07 Å². The van der Waals surface area contributed by atoms with E-state index in [-0.39, 0.29) is 32.7 Å². The summed E-state index contributed by atoms with van der Waals surface area (Å²) in [7, 11) is -2.38. The minimum absolute atomic E-state index is 0.0400. The standard InChI is InChI=1S/C23H17ClF2N5O2P/c1-11(15-7-13(9-27)3-5-16(15)25)30-23-20(24)12(2)29-18-8-17(26)21(31-22(18)23)14-4-6-19(28-10-14)34(32)33/h3-8,10-11,32-33H,1-2H3,(H,29,30)/t11-/m1/s1. The van der Waals surface area contributed by atoms with Crippen molar-refractivity contribution >= 4 is 42.1 Å². The van der Waals surface area contributed by atoms with Crippen LogP contribution in [0.3, 0.4) is 0 Å². The maximum absolute atomic E-state index is 14.9. The number of pyridine rings is 3. The maximum Gasteiger partial charge on any atom is 0.219 e. The van der Waals surface area contributed by atoms with Crippen LogP contribution in [0, 0.1) is 29.9 Å². The summed E-state index contributed by atoms with van der Waals surface area (Å²) in [4.78, 5) is 31.3. The van der Waals surface area contributed by atoms with Gasteiger partial charge in [-0.25, -0.2) is 18.7 Å². The molecule has 0 saturated carbocycles. The van der Waals surface area contributed by atoms with Gasteiger partial charge >= 0.3 is 0 Å². The van der Waals surface area contributed by atoms with E-state index >= 15 is 0 Å². The number of aromatic nitrogens is 3. The number of nitrogens with zero attached hydrogens (tertiary/aromatic N) is 4. The minimum Gasteiger partial charge on any atom is -0.375 e. The Labute approximate surface area is 199 Å². The molecule has 4 aromatic rings. The van der Waals surface area contributed by atoms with Crippen molar-refractivity contribution < 1.29 is 18.6 Å². The van der Waals surface area contributed by atoms with Gasteiger partial charge in [-0.05, 0) is 44.2 Å². The van der Waals surface area contributed by atoms with E-state index in [9.17, 15) is 18.6 Å². The van der Waals surface area contributed by atoms with Crippen LogP contribution in [0.5, 0.6) is 0 Å². The largest absolute Gasteiger partial charge is 0.375 e. The first kappa shape index (κ1) is 23.9. The summed E-state index contributed by atoms with van der Waals surface area (Å²) in [5.41, 5.74) is 2.15. The number of nitrogens with one attached hydrogen (secondary N) is 1. The van der Waals surface area contributed by atoms with Crippen molar-refractivity contribution in [1.29, 1.82) is 5.26 Å². The molecule has 3 aromatic heterocycles. The molecule has 172 valence electrons. The first-order chi connectivity index (χ1) is 16.2. The zero-order chi connectivity index (χ0) is 24.6. The average Bonchev–Trinajstić information content (AvgIpc) is 2.82.